The third-order valence-corrected chi connectivity index (χ3v) is 16.1. The van der Waals surface area contributed by atoms with Crippen molar-refractivity contribution in [3.05, 3.63) is 106 Å². The van der Waals surface area contributed by atoms with E-state index < -0.39 is 36.1 Å². The fourth-order valence-electron chi connectivity index (χ4n) is 6.52. The van der Waals surface area contributed by atoms with Crippen molar-refractivity contribution in [2.45, 2.75) is 69.8 Å². The highest BCUT2D eigenvalue weighted by atomic mass is 79.9. The fraction of sp³-hybridized carbons (Fsp3) is 0.389. The lowest BCUT2D eigenvalue weighted by molar-refractivity contribution is 0.186. The summed E-state index contributed by atoms with van der Waals surface area (Å²) >= 11 is 3.46. The largest absolute Gasteiger partial charge is 0.507 e. The van der Waals surface area contributed by atoms with E-state index in [1.807, 2.05) is 48.5 Å². The number of aliphatic hydroxyl groups excluding tert-OH is 2. The van der Waals surface area contributed by atoms with Crippen LogP contribution in [-0.2, 0) is 14.3 Å². The number of allylic oxidation sites excluding steroid dienone is 1. The van der Waals surface area contributed by atoms with E-state index in [0.717, 1.165) is 33.3 Å². The number of hydrogen-bond donors (Lipinski definition) is 3. The molecule has 1 aliphatic rings. The Morgan fingerprint density at radius 3 is 2.16 bits per heavy atom. The van der Waals surface area contributed by atoms with Gasteiger partial charge < -0.3 is 19.7 Å². The van der Waals surface area contributed by atoms with Crippen LogP contribution in [0.15, 0.2) is 100 Å². The minimum atomic E-state index is -3.72. The summed E-state index contributed by atoms with van der Waals surface area (Å²) in [6.07, 6.45) is 3.30. The summed E-state index contributed by atoms with van der Waals surface area (Å²) in [5.74, 6) is -0.0908. The standard InChI is InChI=1S/C36H45BrO6SSi/c1-5-12-26(21-27-22-29(37)18-20-32(27)39)17-19-33(40)35-28(25-44(41,42)34(35)23-38)24-43-45(36(2,3)4,30-13-8-6-9-14-30)31-15-10-7-11-16-31/h6-11,13-16,18,20-22,33-34,38-40H,5,12,17,19,23-25H2,1-4H3/b26-21+/t33-,34+/m1/s1. The Labute approximate surface area is 277 Å². The van der Waals surface area contributed by atoms with Crippen LogP contribution in [0.4, 0.5) is 0 Å². The highest BCUT2D eigenvalue weighted by Gasteiger charge is 2.51. The minimum absolute atomic E-state index is 0.0406. The number of phenols is 1. The van der Waals surface area contributed by atoms with E-state index in [2.05, 4.69) is 67.9 Å². The van der Waals surface area contributed by atoms with Crippen LogP contribution in [0.2, 0.25) is 5.04 Å². The summed E-state index contributed by atoms with van der Waals surface area (Å²) in [7, 11) is -6.69. The van der Waals surface area contributed by atoms with Crippen LogP contribution in [0.3, 0.4) is 0 Å². The Hall–Kier alpha value is -2.53. The Bertz CT molecular complexity index is 1570. The number of sulfone groups is 1. The number of phenolic OH excluding ortho intramolecular Hbond substituents is 1. The maximum absolute atomic E-state index is 13.3. The normalized spacial score (nSPS) is 17.9. The van der Waals surface area contributed by atoms with Crippen LogP contribution in [0.25, 0.3) is 6.08 Å². The van der Waals surface area contributed by atoms with Gasteiger partial charge in [0.1, 0.15) is 11.0 Å². The molecule has 2 atom stereocenters. The molecule has 45 heavy (non-hydrogen) atoms. The van der Waals surface area contributed by atoms with Crippen LogP contribution in [-0.4, -0.2) is 62.4 Å². The van der Waals surface area contributed by atoms with E-state index in [0.29, 0.717) is 23.1 Å². The van der Waals surface area contributed by atoms with Gasteiger partial charge in [0, 0.05) is 10.0 Å². The van der Waals surface area contributed by atoms with Gasteiger partial charge in [-0.05, 0) is 64.0 Å². The van der Waals surface area contributed by atoms with Crippen LogP contribution < -0.4 is 10.4 Å². The lowest BCUT2D eigenvalue weighted by Crippen LogP contribution is -2.66. The first-order valence-electron chi connectivity index (χ1n) is 15.5. The number of hydrogen-bond acceptors (Lipinski definition) is 6. The summed E-state index contributed by atoms with van der Waals surface area (Å²) in [5, 5.41) is 32.9. The van der Waals surface area contributed by atoms with Crippen LogP contribution >= 0.6 is 15.9 Å². The van der Waals surface area contributed by atoms with Crippen LogP contribution in [0.1, 0.15) is 58.9 Å². The average molecular weight is 714 g/mol. The van der Waals surface area contributed by atoms with E-state index in [1.165, 1.54) is 0 Å². The predicted octanol–water partition coefficient (Wildman–Crippen LogP) is 6.14. The Morgan fingerprint density at radius 1 is 1.02 bits per heavy atom. The van der Waals surface area contributed by atoms with Crippen molar-refractivity contribution in [1.29, 1.82) is 0 Å². The van der Waals surface area contributed by atoms with E-state index in [1.54, 1.807) is 12.1 Å². The molecule has 0 aromatic heterocycles. The maximum atomic E-state index is 13.3. The molecule has 1 aliphatic heterocycles. The van der Waals surface area contributed by atoms with Crippen LogP contribution in [0.5, 0.6) is 5.75 Å². The van der Waals surface area contributed by atoms with Crippen molar-refractivity contribution in [3.8, 4) is 5.75 Å². The van der Waals surface area contributed by atoms with Gasteiger partial charge in [-0.3, -0.25) is 0 Å². The molecule has 0 aliphatic carbocycles. The van der Waals surface area contributed by atoms with Gasteiger partial charge in [-0.1, -0.05) is 122 Å². The van der Waals surface area contributed by atoms with Crippen molar-refractivity contribution in [3.63, 3.8) is 0 Å². The molecule has 0 amide bonds. The first kappa shape index (κ1) is 35.3. The SMILES string of the molecule is CCC/C(=C\c1cc(Br)ccc1O)CC[C@@H](O)C1=C(CO[Si](c2ccccc2)(c2ccccc2)C(C)(C)C)CS(=O)(=O)[C@H]1CO. The average Bonchev–Trinajstić information content (AvgIpc) is 3.27. The molecule has 0 saturated heterocycles. The molecule has 0 bridgehead atoms. The summed E-state index contributed by atoms with van der Waals surface area (Å²) in [6, 6.07) is 25.5. The van der Waals surface area contributed by atoms with Gasteiger partial charge >= 0.3 is 0 Å². The first-order chi connectivity index (χ1) is 21.3. The van der Waals surface area contributed by atoms with Gasteiger partial charge in [-0.15, -0.1) is 0 Å². The van der Waals surface area contributed by atoms with Crippen molar-refractivity contribution in [2.24, 2.45) is 0 Å². The van der Waals surface area contributed by atoms with Gasteiger partial charge in [0.2, 0.25) is 0 Å². The molecule has 3 aromatic carbocycles. The summed E-state index contributed by atoms with van der Waals surface area (Å²) in [4.78, 5) is 0. The molecular weight excluding hydrogens is 668 g/mol. The van der Waals surface area contributed by atoms with Gasteiger partial charge in [-0.25, -0.2) is 8.42 Å². The van der Waals surface area contributed by atoms with E-state index in [4.69, 9.17) is 4.43 Å². The first-order valence-corrected chi connectivity index (χ1v) is 19.9. The molecule has 9 heteroatoms. The smallest absolute Gasteiger partial charge is 0.261 e. The van der Waals surface area contributed by atoms with Gasteiger partial charge in [0.15, 0.2) is 9.84 Å². The van der Waals surface area contributed by atoms with Crippen molar-refractivity contribution >= 4 is 50.5 Å². The molecule has 4 rings (SSSR count). The molecular formula is C36H45BrO6SSi. The lowest BCUT2D eigenvalue weighted by atomic mass is 9.93. The van der Waals surface area contributed by atoms with Gasteiger partial charge in [0.05, 0.1) is 25.1 Å². The van der Waals surface area contributed by atoms with Crippen molar-refractivity contribution < 1.29 is 28.2 Å². The van der Waals surface area contributed by atoms with E-state index in [9.17, 15) is 23.7 Å². The molecule has 0 unspecified atom stereocenters. The van der Waals surface area contributed by atoms with Gasteiger partial charge in [-0.2, -0.15) is 0 Å². The molecule has 6 nitrogen and oxygen atoms in total. The molecule has 0 spiro atoms. The second-order valence-electron chi connectivity index (χ2n) is 12.8. The topological polar surface area (TPSA) is 104 Å². The molecule has 0 radical (unpaired) electrons. The quantitative estimate of drug-likeness (QED) is 0.145. The minimum Gasteiger partial charge on any atom is -0.507 e. The maximum Gasteiger partial charge on any atom is 0.261 e. The zero-order chi connectivity index (χ0) is 32.8. The molecule has 3 aromatic rings. The van der Waals surface area contributed by atoms with Crippen molar-refractivity contribution in [1.82, 2.24) is 0 Å². The summed E-state index contributed by atoms with van der Waals surface area (Å²) in [5.41, 5.74) is 2.60. The Balaban J connectivity index is 1.71. The number of rotatable bonds is 13. The second kappa shape index (κ2) is 14.9. The number of aliphatic hydroxyl groups is 2. The molecule has 0 fully saturated rings. The highest BCUT2D eigenvalue weighted by molar-refractivity contribution is 9.10. The van der Waals surface area contributed by atoms with Crippen LogP contribution in [0, 0.1) is 0 Å². The fourth-order valence-corrected chi connectivity index (χ4v) is 13.3. The summed E-state index contributed by atoms with van der Waals surface area (Å²) in [6.45, 7) is 8.00. The van der Waals surface area contributed by atoms with Gasteiger partial charge in [0.25, 0.3) is 8.32 Å². The third-order valence-electron chi connectivity index (χ3n) is 8.63. The Morgan fingerprint density at radius 2 is 1.62 bits per heavy atom. The second-order valence-corrected chi connectivity index (χ2v) is 20.2. The molecule has 3 N–H and O–H groups in total. The predicted molar refractivity (Wildman–Crippen MR) is 189 cm³/mol. The summed E-state index contributed by atoms with van der Waals surface area (Å²) < 4.78 is 34.6. The number of benzene rings is 3. The third kappa shape index (κ3) is 7.89. The zero-order valence-electron chi connectivity index (χ0n) is 26.5. The van der Waals surface area contributed by atoms with E-state index >= 15 is 0 Å². The zero-order valence-corrected chi connectivity index (χ0v) is 29.9. The highest BCUT2D eigenvalue weighted by Crippen LogP contribution is 2.39. The van der Waals surface area contributed by atoms with E-state index in [-0.39, 0.29) is 29.6 Å². The number of halogens is 1. The van der Waals surface area contributed by atoms with Crippen molar-refractivity contribution in [2.75, 3.05) is 19.0 Å². The molecule has 242 valence electrons. The lowest BCUT2D eigenvalue weighted by Gasteiger charge is -2.43. The molecule has 1 heterocycles. The monoisotopic (exact) mass is 712 g/mol. The number of aromatic hydroxyl groups is 1. The Kier molecular flexibility index (Phi) is 11.7. The molecule has 0 saturated carbocycles.